The largest absolute Gasteiger partial charge is 0.396 e. The van der Waals surface area contributed by atoms with Gasteiger partial charge in [-0.25, -0.2) is 8.42 Å². The van der Waals surface area contributed by atoms with Crippen LogP contribution in [0.4, 0.5) is 0 Å². The maximum Gasteiger partial charge on any atom is 0.225 e. The summed E-state index contributed by atoms with van der Waals surface area (Å²) in [6, 6.07) is -0.306. The average molecular weight is 276 g/mol. The van der Waals surface area contributed by atoms with Crippen LogP contribution in [-0.4, -0.2) is 79.1 Å². The standard InChI is InChI=1S/C11H20N2O4S/c1-2-12-4-5-13(11(15)3-6-14)10-8-18(16,17)7-9(10)12/h9-10,14H,2-8H2,1H3/t9-,10+/m1/s1. The number of likely N-dealkylation sites (N-methyl/N-ethyl adjacent to an activating group) is 1. The molecule has 1 amide bonds. The molecule has 0 bridgehead atoms. The zero-order valence-corrected chi connectivity index (χ0v) is 11.4. The van der Waals surface area contributed by atoms with Crippen LogP contribution in [0.5, 0.6) is 0 Å². The summed E-state index contributed by atoms with van der Waals surface area (Å²) < 4.78 is 23.5. The first kappa shape index (κ1) is 13.8. The fraction of sp³-hybridized carbons (Fsp3) is 0.909. The molecule has 104 valence electrons. The monoisotopic (exact) mass is 276 g/mol. The Hall–Kier alpha value is -0.660. The van der Waals surface area contributed by atoms with Crippen LogP contribution in [-0.2, 0) is 14.6 Å². The zero-order chi connectivity index (χ0) is 13.3. The van der Waals surface area contributed by atoms with E-state index in [0.717, 1.165) is 6.54 Å². The Bertz CT molecular complexity index is 423. The molecule has 2 fully saturated rings. The number of fused-ring (bicyclic) bond motifs is 1. The van der Waals surface area contributed by atoms with E-state index in [1.807, 2.05) is 6.92 Å². The molecule has 2 aliphatic rings. The Labute approximate surface area is 107 Å². The van der Waals surface area contributed by atoms with Gasteiger partial charge in [-0.3, -0.25) is 9.69 Å². The van der Waals surface area contributed by atoms with Crippen LogP contribution in [0, 0.1) is 0 Å². The van der Waals surface area contributed by atoms with Gasteiger partial charge in [0.15, 0.2) is 9.84 Å². The van der Waals surface area contributed by atoms with Gasteiger partial charge in [0.05, 0.1) is 24.2 Å². The summed E-state index contributed by atoms with van der Waals surface area (Å²) in [4.78, 5) is 15.7. The SMILES string of the molecule is CCN1CCN(C(=O)CCO)[C@H]2CS(=O)(=O)C[C@H]21. The molecule has 18 heavy (non-hydrogen) atoms. The number of carbonyl (C=O) groups excluding carboxylic acids is 1. The molecule has 0 aromatic heterocycles. The first-order valence-corrected chi connectivity index (χ1v) is 8.15. The van der Waals surface area contributed by atoms with E-state index < -0.39 is 9.84 Å². The second-order valence-electron chi connectivity index (χ2n) is 4.90. The van der Waals surface area contributed by atoms with Crippen LogP contribution in [0.3, 0.4) is 0 Å². The van der Waals surface area contributed by atoms with E-state index in [0.29, 0.717) is 13.1 Å². The van der Waals surface area contributed by atoms with Crippen molar-refractivity contribution < 1.29 is 18.3 Å². The van der Waals surface area contributed by atoms with Gasteiger partial charge in [-0.2, -0.15) is 0 Å². The lowest BCUT2D eigenvalue weighted by atomic mass is 10.0. The van der Waals surface area contributed by atoms with Crippen molar-refractivity contribution in [2.75, 3.05) is 37.7 Å². The van der Waals surface area contributed by atoms with Crippen molar-refractivity contribution in [1.82, 2.24) is 9.80 Å². The molecule has 0 radical (unpaired) electrons. The second kappa shape index (κ2) is 5.14. The normalized spacial score (nSPS) is 31.3. The Morgan fingerprint density at radius 3 is 2.56 bits per heavy atom. The van der Waals surface area contributed by atoms with E-state index in [1.165, 1.54) is 0 Å². The van der Waals surface area contributed by atoms with E-state index in [-0.39, 0.29) is 42.5 Å². The number of carbonyl (C=O) groups is 1. The molecule has 0 aliphatic carbocycles. The lowest BCUT2D eigenvalue weighted by molar-refractivity contribution is -0.137. The maximum atomic E-state index is 11.9. The van der Waals surface area contributed by atoms with Crippen molar-refractivity contribution in [3.63, 3.8) is 0 Å². The van der Waals surface area contributed by atoms with Crippen molar-refractivity contribution in [3.05, 3.63) is 0 Å². The number of hydrogen-bond acceptors (Lipinski definition) is 5. The van der Waals surface area contributed by atoms with Crippen molar-refractivity contribution >= 4 is 15.7 Å². The van der Waals surface area contributed by atoms with E-state index in [2.05, 4.69) is 4.90 Å². The summed E-state index contributed by atoms with van der Waals surface area (Å²) in [5.41, 5.74) is 0. The predicted molar refractivity (Wildman–Crippen MR) is 66.9 cm³/mol. The van der Waals surface area contributed by atoms with Crippen LogP contribution in [0.15, 0.2) is 0 Å². The lowest BCUT2D eigenvalue weighted by Crippen LogP contribution is -2.60. The Balaban J connectivity index is 2.19. The van der Waals surface area contributed by atoms with Crippen molar-refractivity contribution in [1.29, 1.82) is 0 Å². The summed E-state index contributed by atoms with van der Waals surface area (Å²) in [6.45, 7) is 3.90. The maximum absolute atomic E-state index is 11.9. The number of sulfone groups is 1. The van der Waals surface area contributed by atoms with E-state index in [9.17, 15) is 13.2 Å². The molecular formula is C11H20N2O4S. The van der Waals surface area contributed by atoms with Gasteiger partial charge in [0, 0.05) is 25.6 Å². The Kier molecular flexibility index (Phi) is 3.93. The highest BCUT2D eigenvalue weighted by molar-refractivity contribution is 7.91. The van der Waals surface area contributed by atoms with Crippen molar-refractivity contribution in [3.8, 4) is 0 Å². The van der Waals surface area contributed by atoms with Crippen LogP contribution in [0.2, 0.25) is 0 Å². The summed E-state index contributed by atoms with van der Waals surface area (Å²) in [6.07, 6.45) is 0.0788. The third-order valence-corrected chi connectivity index (χ3v) is 5.54. The fourth-order valence-electron chi connectivity index (χ4n) is 2.97. The van der Waals surface area contributed by atoms with E-state index >= 15 is 0 Å². The third-order valence-electron chi connectivity index (χ3n) is 3.84. The Morgan fingerprint density at radius 2 is 1.94 bits per heavy atom. The molecule has 0 spiro atoms. The molecule has 1 N–H and O–H groups in total. The molecule has 0 aromatic carbocycles. The molecule has 2 atom stereocenters. The number of aliphatic hydroxyl groups is 1. The molecule has 0 unspecified atom stereocenters. The molecular weight excluding hydrogens is 256 g/mol. The quantitative estimate of drug-likeness (QED) is 0.693. The number of amides is 1. The van der Waals surface area contributed by atoms with E-state index in [4.69, 9.17) is 5.11 Å². The minimum atomic E-state index is -3.05. The minimum Gasteiger partial charge on any atom is -0.396 e. The highest BCUT2D eigenvalue weighted by Gasteiger charge is 2.47. The molecule has 2 aliphatic heterocycles. The smallest absolute Gasteiger partial charge is 0.225 e. The number of rotatable bonds is 3. The number of piperazine rings is 1. The lowest BCUT2D eigenvalue weighted by Gasteiger charge is -2.43. The van der Waals surface area contributed by atoms with Gasteiger partial charge in [0.25, 0.3) is 0 Å². The van der Waals surface area contributed by atoms with Gasteiger partial charge in [-0.15, -0.1) is 0 Å². The summed E-state index contributed by atoms with van der Waals surface area (Å²) in [5, 5.41) is 8.83. The highest BCUT2D eigenvalue weighted by Crippen LogP contribution is 2.27. The molecule has 2 heterocycles. The molecule has 2 saturated heterocycles. The van der Waals surface area contributed by atoms with Crippen LogP contribution in [0.25, 0.3) is 0 Å². The van der Waals surface area contributed by atoms with Gasteiger partial charge in [-0.1, -0.05) is 6.92 Å². The molecule has 0 aromatic rings. The fourth-order valence-corrected chi connectivity index (χ4v) is 4.98. The van der Waals surface area contributed by atoms with Gasteiger partial charge in [0.2, 0.25) is 5.91 Å². The average Bonchev–Trinajstić information content (AvgIpc) is 2.62. The summed E-state index contributed by atoms with van der Waals surface area (Å²) >= 11 is 0. The minimum absolute atomic E-state index is 0.0608. The van der Waals surface area contributed by atoms with Gasteiger partial charge >= 0.3 is 0 Å². The van der Waals surface area contributed by atoms with Gasteiger partial charge in [0.1, 0.15) is 0 Å². The predicted octanol–water partition coefficient (Wildman–Crippen LogP) is -1.30. The first-order valence-electron chi connectivity index (χ1n) is 6.33. The first-order chi connectivity index (χ1) is 8.48. The van der Waals surface area contributed by atoms with E-state index in [1.54, 1.807) is 4.90 Å². The molecule has 6 nitrogen and oxygen atoms in total. The third kappa shape index (κ3) is 2.53. The van der Waals surface area contributed by atoms with Crippen molar-refractivity contribution in [2.24, 2.45) is 0 Å². The number of hydrogen-bond donors (Lipinski definition) is 1. The van der Waals surface area contributed by atoms with Crippen LogP contribution in [0.1, 0.15) is 13.3 Å². The van der Waals surface area contributed by atoms with Crippen LogP contribution >= 0.6 is 0 Å². The summed E-state index contributed by atoms with van der Waals surface area (Å²) in [5.74, 6) is 0.0695. The zero-order valence-electron chi connectivity index (χ0n) is 10.6. The molecule has 7 heteroatoms. The topological polar surface area (TPSA) is 77.9 Å². The molecule has 2 rings (SSSR count). The van der Waals surface area contributed by atoms with Crippen LogP contribution < -0.4 is 0 Å². The highest BCUT2D eigenvalue weighted by atomic mass is 32.2. The number of nitrogens with zero attached hydrogens (tertiary/aromatic N) is 2. The van der Waals surface area contributed by atoms with Gasteiger partial charge < -0.3 is 10.0 Å². The Morgan fingerprint density at radius 1 is 1.28 bits per heavy atom. The summed E-state index contributed by atoms with van der Waals surface area (Å²) in [7, 11) is -3.05. The van der Waals surface area contributed by atoms with Gasteiger partial charge in [-0.05, 0) is 6.54 Å². The molecule has 0 saturated carbocycles. The number of aliphatic hydroxyl groups excluding tert-OH is 1. The second-order valence-corrected chi connectivity index (χ2v) is 7.05. The van der Waals surface area contributed by atoms with Crippen molar-refractivity contribution in [2.45, 2.75) is 25.4 Å².